The molecular formula is C20H21N3O3S. The summed E-state index contributed by atoms with van der Waals surface area (Å²) < 4.78 is 13.7. The number of methoxy groups -OCH3 is 1. The van der Waals surface area contributed by atoms with Crippen LogP contribution in [0, 0.1) is 6.92 Å². The maximum atomic E-state index is 12.7. The smallest absolute Gasteiger partial charge is 0.261 e. The highest BCUT2D eigenvalue weighted by Crippen LogP contribution is 2.29. The van der Waals surface area contributed by atoms with Crippen molar-refractivity contribution in [2.24, 2.45) is 0 Å². The summed E-state index contributed by atoms with van der Waals surface area (Å²) in [5.74, 6) is 1.17. The lowest BCUT2D eigenvalue weighted by Gasteiger charge is -2.12. The van der Waals surface area contributed by atoms with Gasteiger partial charge in [0.05, 0.1) is 24.2 Å². The summed E-state index contributed by atoms with van der Waals surface area (Å²) in [7, 11) is 1.64. The minimum Gasteiger partial charge on any atom is -0.497 e. The van der Waals surface area contributed by atoms with Crippen LogP contribution in [-0.4, -0.2) is 18.2 Å². The van der Waals surface area contributed by atoms with Crippen LogP contribution in [0.5, 0.6) is 5.75 Å². The van der Waals surface area contributed by atoms with Gasteiger partial charge in [-0.3, -0.25) is 4.79 Å². The Morgan fingerprint density at radius 1 is 1.15 bits per heavy atom. The third kappa shape index (κ3) is 4.43. The van der Waals surface area contributed by atoms with Crippen molar-refractivity contribution < 1.29 is 14.1 Å². The van der Waals surface area contributed by atoms with E-state index in [0.29, 0.717) is 29.1 Å². The van der Waals surface area contributed by atoms with Crippen LogP contribution in [0.25, 0.3) is 0 Å². The van der Waals surface area contributed by atoms with Crippen LogP contribution < -0.4 is 14.8 Å². The number of anilines is 2. The number of benzene rings is 2. The van der Waals surface area contributed by atoms with Crippen molar-refractivity contribution in [1.29, 1.82) is 0 Å². The van der Waals surface area contributed by atoms with Crippen LogP contribution >= 0.6 is 11.9 Å². The van der Waals surface area contributed by atoms with Crippen molar-refractivity contribution in [3.8, 4) is 5.75 Å². The van der Waals surface area contributed by atoms with E-state index in [2.05, 4.69) is 15.2 Å². The lowest BCUT2D eigenvalue weighted by atomic mass is 10.1. The van der Waals surface area contributed by atoms with Gasteiger partial charge in [-0.1, -0.05) is 24.2 Å². The van der Waals surface area contributed by atoms with Crippen molar-refractivity contribution in [3.63, 3.8) is 0 Å². The van der Waals surface area contributed by atoms with Crippen molar-refractivity contribution in [3.05, 3.63) is 65.5 Å². The number of hydrogen-bond donors (Lipinski definition) is 2. The zero-order chi connectivity index (χ0) is 19.2. The highest BCUT2D eigenvalue weighted by atomic mass is 32.2. The number of carbonyl (C=O) groups excluding carboxylic acids is 1. The fraction of sp³-hybridized carbons (Fsp3) is 0.200. The van der Waals surface area contributed by atoms with Crippen molar-refractivity contribution in [2.45, 2.75) is 25.2 Å². The van der Waals surface area contributed by atoms with E-state index in [-0.39, 0.29) is 5.91 Å². The van der Waals surface area contributed by atoms with E-state index >= 15 is 0 Å². The molecule has 2 N–H and O–H groups in total. The molecule has 0 bridgehead atoms. The lowest BCUT2D eigenvalue weighted by molar-refractivity contribution is 0.102. The van der Waals surface area contributed by atoms with Gasteiger partial charge in [0, 0.05) is 11.3 Å². The molecule has 0 unspecified atom stereocenters. The minimum absolute atomic E-state index is 0.228. The zero-order valence-electron chi connectivity index (χ0n) is 15.4. The highest BCUT2D eigenvalue weighted by Gasteiger charge is 2.20. The van der Waals surface area contributed by atoms with Gasteiger partial charge < -0.3 is 19.3 Å². The fourth-order valence-electron chi connectivity index (χ4n) is 2.57. The molecule has 140 valence electrons. The van der Waals surface area contributed by atoms with Crippen LogP contribution in [0.3, 0.4) is 0 Å². The Labute approximate surface area is 162 Å². The number of rotatable bonds is 7. The lowest BCUT2D eigenvalue weighted by Crippen LogP contribution is -2.15. The Morgan fingerprint density at radius 2 is 1.85 bits per heavy atom. The summed E-state index contributed by atoms with van der Waals surface area (Å²) in [5, 5.41) is 6.85. The third-order valence-corrected chi connectivity index (χ3v) is 4.82. The molecule has 7 heteroatoms. The molecule has 2 aromatic carbocycles. The second kappa shape index (κ2) is 8.64. The van der Waals surface area contributed by atoms with Gasteiger partial charge in [0.25, 0.3) is 5.91 Å². The maximum Gasteiger partial charge on any atom is 0.261 e. The molecule has 0 fully saturated rings. The van der Waals surface area contributed by atoms with Gasteiger partial charge in [0.1, 0.15) is 17.1 Å². The van der Waals surface area contributed by atoms with Gasteiger partial charge >= 0.3 is 0 Å². The van der Waals surface area contributed by atoms with Crippen LogP contribution in [0.4, 0.5) is 11.4 Å². The Bertz CT molecular complexity index is 922. The summed E-state index contributed by atoms with van der Waals surface area (Å²) in [5.41, 5.74) is 2.57. The first kappa shape index (κ1) is 18.8. The number of hydrogen-bond acceptors (Lipinski definition) is 6. The molecule has 0 aliphatic carbocycles. The molecule has 0 radical (unpaired) electrons. The Balaban J connectivity index is 1.73. The summed E-state index contributed by atoms with van der Waals surface area (Å²) in [6, 6.07) is 15.3. The largest absolute Gasteiger partial charge is 0.497 e. The Kier molecular flexibility index (Phi) is 6.03. The second-order valence-corrected chi connectivity index (χ2v) is 6.68. The number of ether oxygens (including phenoxy) is 1. The fourth-order valence-corrected chi connectivity index (χ4v) is 3.25. The van der Waals surface area contributed by atoms with Crippen molar-refractivity contribution in [1.82, 2.24) is 5.16 Å². The van der Waals surface area contributed by atoms with Gasteiger partial charge in [-0.25, -0.2) is 0 Å². The first-order valence-corrected chi connectivity index (χ1v) is 9.36. The quantitative estimate of drug-likeness (QED) is 0.564. The van der Waals surface area contributed by atoms with E-state index in [1.807, 2.05) is 55.5 Å². The van der Waals surface area contributed by atoms with Crippen LogP contribution in [0.1, 0.15) is 28.7 Å². The van der Waals surface area contributed by atoms with Crippen molar-refractivity contribution >= 4 is 29.2 Å². The molecule has 3 aromatic rings. The van der Waals surface area contributed by atoms with E-state index in [4.69, 9.17) is 9.26 Å². The molecule has 0 aliphatic heterocycles. The average molecular weight is 383 g/mol. The number of nitrogens with zero attached hydrogens (tertiary/aromatic N) is 1. The average Bonchev–Trinajstić information content (AvgIpc) is 3.08. The molecule has 1 heterocycles. The van der Waals surface area contributed by atoms with E-state index < -0.39 is 0 Å². The van der Waals surface area contributed by atoms with Gasteiger partial charge in [-0.05, 0) is 55.3 Å². The van der Waals surface area contributed by atoms with Gasteiger partial charge in [-0.15, -0.1) is 0 Å². The number of carbonyl (C=O) groups is 1. The van der Waals surface area contributed by atoms with Crippen LogP contribution in [-0.2, 0) is 6.42 Å². The second-order valence-electron chi connectivity index (χ2n) is 5.80. The number of nitrogens with one attached hydrogen (secondary N) is 2. The van der Waals surface area contributed by atoms with E-state index in [9.17, 15) is 4.79 Å². The van der Waals surface area contributed by atoms with Gasteiger partial charge in [-0.2, -0.15) is 0 Å². The predicted octanol–water partition coefficient (Wildman–Crippen LogP) is 4.93. The zero-order valence-corrected chi connectivity index (χ0v) is 16.2. The number of para-hydroxylation sites is 2. The molecule has 6 nitrogen and oxygen atoms in total. The standard InChI is InChI=1S/C20H21N3O3S/c1-4-18-19(13(2)22-26-18)20(24)21-16-7-5-6-8-17(16)23-27-15-11-9-14(25-3)10-12-15/h5-12,23H,4H2,1-3H3,(H,21,24). The van der Waals surface area contributed by atoms with Crippen LogP contribution in [0.2, 0.25) is 0 Å². The molecule has 0 spiro atoms. The first-order chi connectivity index (χ1) is 13.1. The van der Waals surface area contributed by atoms with Gasteiger partial charge in [0.2, 0.25) is 0 Å². The van der Waals surface area contributed by atoms with Crippen LogP contribution in [0.15, 0.2) is 57.9 Å². The monoisotopic (exact) mass is 383 g/mol. The maximum absolute atomic E-state index is 12.7. The number of aromatic nitrogens is 1. The Morgan fingerprint density at radius 3 is 2.52 bits per heavy atom. The molecule has 0 saturated carbocycles. The highest BCUT2D eigenvalue weighted by molar-refractivity contribution is 8.00. The van der Waals surface area contributed by atoms with Crippen molar-refractivity contribution in [2.75, 3.05) is 17.1 Å². The molecular weight excluding hydrogens is 362 g/mol. The SMILES string of the molecule is CCc1onc(C)c1C(=O)Nc1ccccc1NSc1ccc(OC)cc1. The number of amides is 1. The van der Waals surface area contributed by atoms with E-state index in [1.54, 1.807) is 14.0 Å². The molecule has 1 aromatic heterocycles. The summed E-state index contributed by atoms with van der Waals surface area (Å²) >= 11 is 1.45. The number of aryl methyl sites for hydroxylation is 2. The molecule has 0 atom stereocenters. The topological polar surface area (TPSA) is 76.4 Å². The molecule has 0 saturated heterocycles. The first-order valence-electron chi connectivity index (χ1n) is 8.54. The third-order valence-electron chi connectivity index (χ3n) is 4.00. The van der Waals surface area contributed by atoms with E-state index in [1.165, 1.54) is 11.9 Å². The predicted molar refractivity (Wildman–Crippen MR) is 107 cm³/mol. The van der Waals surface area contributed by atoms with Gasteiger partial charge in [0.15, 0.2) is 0 Å². The minimum atomic E-state index is -0.228. The Hall–Kier alpha value is -2.93. The summed E-state index contributed by atoms with van der Waals surface area (Å²) in [6.07, 6.45) is 0.608. The molecule has 3 rings (SSSR count). The van der Waals surface area contributed by atoms with E-state index in [0.717, 1.165) is 16.3 Å². The summed E-state index contributed by atoms with van der Waals surface area (Å²) in [6.45, 7) is 3.69. The molecule has 27 heavy (non-hydrogen) atoms. The molecule has 1 amide bonds. The normalized spacial score (nSPS) is 10.5. The molecule has 0 aliphatic rings. The summed E-state index contributed by atoms with van der Waals surface area (Å²) in [4.78, 5) is 13.7.